The maximum atomic E-state index is 12.3. The zero-order valence-corrected chi connectivity index (χ0v) is 11.5. The normalized spacial score (nSPS) is 27.3. The van der Waals surface area contributed by atoms with Crippen LogP contribution in [0.4, 0.5) is 11.5 Å². The van der Waals surface area contributed by atoms with Gasteiger partial charge in [0.05, 0.1) is 4.92 Å². The first-order valence-corrected chi connectivity index (χ1v) is 6.97. The highest BCUT2D eigenvalue weighted by Gasteiger charge is 2.35. The van der Waals surface area contributed by atoms with E-state index in [1.165, 1.54) is 6.07 Å². The molecule has 3 saturated heterocycles. The summed E-state index contributed by atoms with van der Waals surface area (Å²) in [6.45, 7) is 2.95. The summed E-state index contributed by atoms with van der Waals surface area (Å²) in [4.78, 5) is 28.7. The van der Waals surface area contributed by atoms with Crippen LogP contribution >= 0.6 is 0 Å². The second kappa shape index (κ2) is 5.28. The Morgan fingerprint density at radius 2 is 2.19 bits per heavy atom. The van der Waals surface area contributed by atoms with Crippen LogP contribution in [0.3, 0.4) is 0 Å². The molecule has 1 unspecified atom stereocenters. The molecule has 4 heterocycles. The number of nitrogens with zero attached hydrogens (tertiary/aromatic N) is 3. The Hall–Kier alpha value is -2.22. The first kappa shape index (κ1) is 13.7. The monoisotopic (exact) mass is 291 g/mol. The van der Waals surface area contributed by atoms with Crippen LogP contribution in [-0.4, -0.2) is 46.4 Å². The average Bonchev–Trinajstić information content (AvgIpc) is 2.48. The number of hydrogen-bond acceptors (Lipinski definition) is 6. The second-order valence-electron chi connectivity index (χ2n) is 5.60. The van der Waals surface area contributed by atoms with Crippen molar-refractivity contribution in [1.82, 2.24) is 15.2 Å². The Morgan fingerprint density at radius 1 is 1.48 bits per heavy atom. The summed E-state index contributed by atoms with van der Waals surface area (Å²) in [5.41, 5.74) is 5.20. The molecular weight excluding hydrogens is 274 g/mol. The molecule has 3 aliphatic heterocycles. The van der Waals surface area contributed by atoms with Crippen molar-refractivity contribution in [2.45, 2.75) is 18.9 Å². The van der Waals surface area contributed by atoms with Gasteiger partial charge >= 0.3 is 0 Å². The number of rotatable bonds is 3. The van der Waals surface area contributed by atoms with Crippen molar-refractivity contribution in [3.8, 4) is 0 Å². The van der Waals surface area contributed by atoms with Crippen LogP contribution < -0.4 is 11.1 Å². The lowest BCUT2D eigenvalue weighted by Crippen LogP contribution is -2.57. The number of hydrogen-bond donors (Lipinski definition) is 2. The SMILES string of the molecule is Nc1cc(C(=O)NC2CN3CCC2CC3)c([N+](=O)[O-])cn1. The maximum absolute atomic E-state index is 12.3. The van der Waals surface area contributed by atoms with E-state index in [1.54, 1.807) is 0 Å². The zero-order valence-electron chi connectivity index (χ0n) is 11.5. The topological polar surface area (TPSA) is 114 Å². The minimum Gasteiger partial charge on any atom is -0.384 e. The fraction of sp³-hybridized carbons (Fsp3) is 0.538. The summed E-state index contributed by atoms with van der Waals surface area (Å²) in [5.74, 6) is 0.103. The van der Waals surface area contributed by atoms with Crippen molar-refractivity contribution in [2.75, 3.05) is 25.4 Å². The Labute approximate surface area is 121 Å². The van der Waals surface area contributed by atoms with Gasteiger partial charge in [0.2, 0.25) is 0 Å². The van der Waals surface area contributed by atoms with Gasteiger partial charge in [-0.15, -0.1) is 0 Å². The summed E-state index contributed by atoms with van der Waals surface area (Å²) < 4.78 is 0. The molecule has 2 bridgehead atoms. The molecule has 0 aromatic carbocycles. The number of pyridine rings is 1. The molecule has 1 amide bonds. The van der Waals surface area contributed by atoms with E-state index in [0.29, 0.717) is 5.92 Å². The number of nitro groups is 1. The number of carbonyl (C=O) groups is 1. The third-order valence-electron chi connectivity index (χ3n) is 4.32. The van der Waals surface area contributed by atoms with Crippen LogP contribution in [0.2, 0.25) is 0 Å². The van der Waals surface area contributed by atoms with Gasteiger partial charge in [0, 0.05) is 12.6 Å². The molecule has 0 radical (unpaired) electrons. The molecule has 1 aromatic rings. The first-order valence-electron chi connectivity index (χ1n) is 6.97. The molecule has 8 nitrogen and oxygen atoms in total. The molecule has 1 aromatic heterocycles. The minimum atomic E-state index is -0.613. The van der Waals surface area contributed by atoms with E-state index in [0.717, 1.165) is 38.7 Å². The number of nitrogens with one attached hydrogen (secondary N) is 1. The lowest BCUT2D eigenvalue weighted by atomic mass is 9.84. The van der Waals surface area contributed by atoms with Crippen molar-refractivity contribution in [3.63, 3.8) is 0 Å². The smallest absolute Gasteiger partial charge is 0.300 e. The van der Waals surface area contributed by atoms with Crippen molar-refractivity contribution in [2.24, 2.45) is 5.92 Å². The van der Waals surface area contributed by atoms with Gasteiger partial charge in [-0.05, 0) is 37.9 Å². The lowest BCUT2D eigenvalue weighted by Gasteiger charge is -2.44. The van der Waals surface area contributed by atoms with Crippen LogP contribution in [0.5, 0.6) is 0 Å². The Morgan fingerprint density at radius 3 is 2.76 bits per heavy atom. The number of aromatic nitrogens is 1. The number of fused-ring (bicyclic) bond motifs is 3. The fourth-order valence-electron chi connectivity index (χ4n) is 3.17. The minimum absolute atomic E-state index is 0.0241. The van der Waals surface area contributed by atoms with Crippen LogP contribution in [0.15, 0.2) is 12.3 Å². The lowest BCUT2D eigenvalue weighted by molar-refractivity contribution is -0.385. The highest BCUT2D eigenvalue weighted by Crippen LogP contribution is 2.28. The summed E-state index contributed by atoms with van der Waals surface area (Å²) in [6, 6.07) is 1.31. The van der Waals surface area contributed by atoms with Gasteiger partial charge in [0.15, 0.2) is 0 Å². The summed E-state index contributed by atoms with van der Waals surface area (Å²) in [5, 5.41) is 13.9. The molecule has 0 spiro atoms. The molecule has 4 rings (SSSR count). The predicted octanol–water partition coefficient (Wildman–Crippen LogP) is 0.396. The van der Waals surface area contributed by atoms with E-state index < -0.39 is 10.8 Å². The van der Waals surface area contributed by atoms with E-state index in [4.69, 9.17) is 5.73 Å². The molecule has 0 saturated carbocycles. The standard InChI is InChI=1S/C13H17N5O3/c14-12-5-9(11(6-15-12)18(20)21)13(19)16-10-7-17-3-1-8(10)2-4-17/h5-6,8,10H,1-4,7H2,(H2,14,15)(H,16,19). The highest BCUT2D eigenvalue weighted by molar-refractivity contribution is 5.98. The summed E-state index contributed by atoms with van der Waals surface area (Å²) in [7, 11) is 0. The average molecular weight is 291 g/mol. The van der Waals surface area contributed by atoms with Gasteiger partial charge in [-0.3, -0.25) is 14.9 Å². The number of nitrogen functional groups attached to an aromatic ring is 1. The molecule has 8 heteroatoms. The van der Waals surface area contributed by atoms with Crippen LogP contribution in [0.25, 0.3) is 0 Å². The zero-order chi connectivity index (χ0) is 15.0. The molecule has 3 N–H and O–H groups in total. The number of anilines is 1. The van der Waals surface area contributed by atoms with Crippen LogP contribution in [-0.2, 0) is 0 Å². The van der Waals surface area contributed by atoms with E-state index in [9.17, 15) is 14.9 Å². The van der Waals surface area contributed by atoms with E-state index >= 15 is 0 Å². The second-order valence-corrected chi connectivity index (χ2v) is 5.60. The largest absolute Gasteiger partial charge is 0.384 e. The molecule has 1 atom stereocenters. The third kappa shape index (κ3) is 2.66. The van der Waals surface area contributed by atoms with E-state index in [2.05, 4.69) is 15.2 Å². The molecular formula is C13H17N5O3. The number of piperidine rings is 3. The van der Waals surface area contributed by atoms with Gasteiger partial charge in [-0.1, -0.05) is 0 Å². The third-order valence-corrected chi connectivity index (χ3v) is 4.32. The van der Waals surface area contributed by atoms with Crippen LogP contribution in [0, 0.1) is 16.0 Å². The van der Waals surface area contributed by atoms with Crippen LogP contribution in [0.1, 0.15) is 23.2 Å². The quantitative estimate of drug-likeness (QED) is 0.615. The van der Waals surface area contributed by atoms with Crippen molar-refractivity contribution in [3.05, 3.63) is 27.9 Å². The number of nitrogens with two attached hydrogens (primary N) is 1. The number of amides is 1. The van der Waals surface area contributed by atoms with Gasteiger partial charge in [-0.25, -0.2) is 4.98 Å². The molecule has 0 aliphatic carbocycles. The molecule has 3 fully saturated rings. The van der Waals surface area contributed by atoms with Crippen molar-refractivity contribution in [1.29, 1.82) is 0 Å². The first-order chi connectivity index (χ1) is 10.0. The van der Waals surface area contributed by atoms with Crippen molar-refractivity contribution >= 4 is 17.4 Å². The Kier molecular flexibility index (Phi) is 3.46. The maximum Gasteiger partial charge on any atom is 0.300 e. The highest BCUT2D eigenvalue weighted by atomic mass is 16.6. The number of carbonyl (C=O) groups excluding carboxylic acids is 1. The van der Waals surface area contributed by atoms with Gasteiger partial charge in [0.1, 0.15) is 17.6 Å². The van der Waals surface area contributed by atoms with E-state index in [-0.39, 0.29) is 23.1 Å². The summed E-state index contributed by atoms with van der Waals surface area (Å²) in [6.07, 6.45) is 3.15. The van der Waals surface area contributed by atoms with Gasteiger partial charge < -0.3 is 16.0 Å². The van der Waals surface area contributed by atoms with Crippen molar-refractivity contribution < 1.29 is 9.72 Å². The molecule has 112 valence electrons. The van der Waals surface area contributed by atoms with E-state index in [1.807, 2.05) is 0 Å². The summed E-state index contributed by atoms with van der Waals surface area (Å²) >= 11 is 0. The Bertz CT molecular complexity index is 583. The molecule has 3 aliphatic rings. The Balaban J connectivity index is 1.79. The molecule has 21 heavy (non-hydrogen) atoms. The van der Waals surface area contributed by atoms with Gasteiger partial charge in [-0.2, -0.15) is 0 Å². The predicted molar refractivity (Wildman–Crippen MR) is 75.7 cm³/mol. The fourth-order valence-corrected chi connectivity index (χ4v) is 3.17. The van der Waals surface area contributed by atoms with Gasteiger partial charge in [0.25, 0.3) is 11.6 Å².